The van der Waals surface area contributed by atoms with E-state index in [0.29, 0.717) is 6.54 Å². The van der Waals surface area contributed by atoms with Crippen molar-refractivity contribution in [2.75, 3.05) is 12.4 Å². The maximum atomic E-state index is 5.16. The van der Waals surface area contributed by atoms with Crippen LogP contribution in [-0.2, 0) is 6.54 Å². The first-order valence-electron chi connectivity index (χ1n) is 7.09. The Bertz CT molecular complexity index is 727. The summed E-state index contributed by atoms with van der Waals surface area (Å²) >= 11 is 0. The molecule has 0 unspecified atom stereocenters. The van der Waals surface area contributed by atoms with Gasteiger partial charge in [0.25, 0.3) is 0 Å². The van der Waals surface area contributed by atoms with Crippen LogP contribution in [0.3, 0.4) is 0 Å². The third-order valence-electron chi connectivity index (χ3n) is 3.37. The fourth-order valence-corrected chi connectivity index (χ4v) is 2.16. The smallest absolute Gasteiger partial charge is 0.130 e. The van der Waals surface area contributed by atoms with Crippen molar-refractivity contribution in [1.29, 1.82) is 0 Å². The average molecular weight is 291 g/mol. The van der Waals surface area contributed by atoms with E-state index in [1.807, 2.05) is 60.7 Å². The van der Waals surface area contributed by atoms with Gasteiger partial charge in [0, 0.05) is 18.2 Å². The standard InChI is InChI=1S/C18H17N3O/c1-22-16-9-7-14(8-10-16)12-19-18-11-17(20-13-21-18)15-5-3-2-4-6-15/h2-11,13H,12H2,1H3,(H,19,20,21). The van der Waals surface area contributed by atoms with E-state index in [0.717, 1.165) is 22.8 Å². The molecule has 3 aromatic rings. The van der Waals surface area contributed by atoms with Crippen molar-refractivity contribution in [2.45, 2.75) is 6.54 Å². The Labute approximate surface area is 129 Å². The summed E-state index contributed by atoms with van der Waals surface area (Å²) in [6.45, 7) is 0.704. The third kappa shape index (κ3) is 3.41. The first kappa shape index (κ1) is 14.1. The number of hydrogen-bond donors (Lipinski definition) is 1. The van der Waals surface area contributed by atoms with E-state index < -0.39 is 0 Å². The topological polar surface area (TPSA) is 47.0 Å². The second kappa shape index (κ2) is 6.72. The zero-order valence-corrected chi connectivity index (χ0v) is 12.4. The van der Waals surface area contributed by atoms with Crippen molar-refractivity contribution in [2.24, 2.45) is 0 Å². The lowest BCUT2D eigenvalue weighted by Gasteiger charge is -2.08. The highest BCUT2D eigenvalue weighted by molar-refractivity contribution is 5.61. The second-order valence-electron chi connectivity index (χ2n) is 4.86. The average Bonchev–Trinajstić information content (AvgIpc) is 2.61. The predicted molar refractivity (Wildman–Crippen MR) is 87.8 cm³/mol. The summed E-state index contributed by atoms with van der Waals surface area (Å²) in [5.74, 6) is 1.67. The molecular weight excluding hydrogens is 274 g/mol. The summed E-state index contributed by atoms with van der Waals surface area (Å²) in [6, 6.07) is 20.0. The number of methoxy groups -OCH3 is 1. The quantitative estimate of drug-likeness (QED) is 0.777. The van der Waals surface area contributed by atoms with Crippen LogP contribution < -0.4 is 10.1 Å². The number of ether oxygens (including phenoxy) is 1. The van der Waals surface area contributed by atoms with Gasteiger partial charge in [-0.05, 0) is 17.7 Å². The van der Waals surface area contributed by atoms with Gasteiger partial charge in [0.1, 0.15) is 17.9 Å². The fourth-order valence-electron chi connectivity index (χ4n) is 2.16. The molecule has 0 aliphatic heterocycles. The van der Waals surface area contributed by atoms with Crippen LogP contribution in [0.2, 0.25) is 0 Å². The number of nitrogens with one attached hydrogen (secondary N) is 1. The molecule has 0 bridgehead atoms. The van der Waals surface area contributed by atoms with Crippen LogP contribution in [0.15, 0.2) is 67.0 Å². The summed E-state index contributed by atoms with van der Waals surface area (Å²) in [4.78, 5) is 8.59. The van der Waals surface area contributed by atoms with E-state index >= 15 is 0 Å². The van der Waals surface area contributed by atoms with Crippen LogP contribution in [0.5, 0.6) is 5.75 Å². The summed E-state index contributed by atoms with van der Waals surface area (Å²) in [6.07, 6.45) is 1.58. The number of nitrogens with zero attached hydrogens (tertiary/aromatic N) is 2. The second-order valence-corrected chi connectivity index (χ2v) is 4.86. The molecule has 1 aromatic heterocycles. The summed E-state index contributed by atoms with van der Waals surface area (Å²) in [5, 5.41) is 3.32. The molecule has 4 nitrogen and oxygen atoms in total. The normalized spacial score (nSPS) is 10.2. The fraction of sp³-hybridized carbons (Fsp3) is 0.111. The largest absolute Gasteiger partial charge is 0.497 e. The number of hydrogen-bond acceptors (Lipinski definition) is 4. The van der Waals surface area contributed by atoms with E-state index in [1.165, 1.54) is 5.56 Å². The molecule has 2 aromatic carbocycles. The van der Waals surface area contributed by atoms with Crippen LogP contribution in [0, 0.1) is 0 Å². The Kier molecular flexibility index (Phi) is 4.30. The first-order chi connectivity index (χ1) is 10.8. The van der Waals surface area contributed by atoms with Crippen LogP contribution in [0.4, 0.5) is 5.82 Å². The summed E-state index contributed by atoms with van der Waals surface area (Å²) in [7, 11) is 1.67. The predicted octanol–water partition coefficient (Wildman–Crippen LogP) is 3.76. The Morgan fingerprint density at radius 1 is 0.955 bits per heavy atom. The number of anilines is 1. The molecular formula is C18H17N3O. The third-order valence-corrected chi connectivity index (χ3v) is 3.37. The zero-order chi connectivity index (χ0) is 15.2. The molecule has 110 valence electrons. The maximum Gasteiger partial charge on any atom is 0.130 e. The Balaban J connectivity index is 1.70. The van der Waals surface area contributed by atoms with Crippen LogP contribution >= 0.6 is 0 Å². The Hall–Kier alpha value is -2.88. The van der Waals surface area contributed by atoms with Crippen LogP contribution in [0.1, 0.15) is 5.56 Å². The highest BCUT2D eigenvalue weighted by Crippen LogP contribution is 2.18. The van der Waals surface area contributed by atoms with Gasteiger partial charge in [-0.1, -0.05) is 42.5 Å². The molecule has 0 fully saturated rings. The molecule has 0 saturated heterocycles. The van der Waals surface area contributed by atoms with E-state index in [2.05, 4.69) is 15.3 Å². The minimum absolute atomic E-state index is 0.704. The van der Waals surface area contributed by atoms with E-state index in [1.54, 1.807) is 13.4 Å². The van der Waals surface area contributed by atoms with Crippen molar-refractivity contribution >= 4 is 5.82 Å². The molecule has 0 amide bonds. The van der Waals surface area contributed by atoms with Gasteiger partial charge in [-0.3, -0.25) is 0 Å². The first-order valence-corrected chi connectivity index (χ1v) is 7.09. The lowest BCUT2D eigenvalue weighted by molar-refractivity contribution is 0.414. The lowest BCUT2D eigenvalue weighted by Crippen LogP contribution is -2.02. The highest BCUT2D eigenvalue weighted by atomic mass is 16.5. The molecule has 0 saturated carbocycles. The van der Waals surface area contributed by atoms with Gasteiger partial charge in [0.05, 0.1) is 12.8 Å². The number of benzene rings is 2. The molecule has 1 N–H and O–H groups in total. The van der Waals surface area contributed by atoms with E-state index in [9.17, 15) is 0 Å². The van der Waals surface area contributed by atoms with Crippen LogP contribution in [-0.4, -0.2) is 17.1 Å². The molecule has 22 heavy (non-hydrogen) atoms. The van der Waals surface area contributed by atoms with E-state index in [-0.39, 0.29) is 0 Å². The van der Waals surface area contributed by atoms with Gasteiger partial charge >= 0.3 is 0 Å². The monoisotopic (exact) mass is 291 g/mol. The van der Waals surface area contributed by atoms with Crippen molar-refractivity contribution in [3.8, 4) is 17.0 Å². The highest BCUT2D eigenvalue weighted by Gasteiger charge is 2.01. The number of aromatic nitrogens is 2. The molecule has 0 spiro atoms. The molecule has 4 heteroatoms. The van der Waals surface area contributed by atoms with Crippen molar-refractivity contribution in [3.05, 3.63) is 72.6 Å². The van der Waals surface area contributed by atoms with E-state index in [4.69, 9.17) is 4.74 Å². The molecule has 0 atom stereocenters. The minimum Gasteiger partial charge on any atom is -0.497 e. The van der Waals surface area contributed by atoms with Gasteiger partial charge in [-0.25, -0.2) is 9.97 Å². The van der Waals surface area contributed by atoms with Crippen LogP contribution in [0.25, 0.3) is 11.3 Å². The van der Waals surface area contributed by atoms with Crippen molar-refractivity contribution in [1.82, 2.24) is 9.97 Å². The summed E-state index contributed by atoms with van der Waals surface area (Å²) in [5.41, 5.74) is 3.16. The van der Waals surface area contributed by atoms with Gasteiger partial charge in [0.15, 0.2) is 0 Å². The van der Waals surface area contributed by atoms with Gasteiger partial charge in [-0.15, -0.1) is 0 Å². The van der Waals surface area contributed by atoms with Gasteiger partial charge in [0.2, 0.25) is 0 Å². The van der Waals surface area contributed by atoms with Gasteiger partial charge in [-0.2, -0.15) is 0 Å². The maximum absolute atomic E-state index is 5.16. The van der Waals surface area contributed by atoms with Crippen molar-refractivity contribution in [3.63, 3.8) is 0 Å². The SMILES string of the molecule is COc1ccc(CNc2cc(-c3ccccc3)ncn2)cc1. The molecule has 1 heterocycles. The number of rotatable bonds is 5. The lowest BCUT2D eigenvalue weighted by atomic mass is 10.1. The molecule has 3 rings (SSSR count). The Morgan fingerprint density at radius 3 is 2.45 bits per heavy atom. The summed E-state index contributed by atoms with van der Waals surface area (Å²) < 4.78 is 5.16. The molecule has 0 radical (unpaired) electrons. The zero-order valence-electron chi connectivity index (χ0n) is 12.4. The molecule has 0 aliphatic rings. The minimum atomic E-state index is 0.704. The Morgan fingerprint density at radius 2 is 1.73 bits per heavy atom. The van der Waals surface area contributed by atoms with Crippen molar-refractivity contribution < 1.29 is 4.74 Å². The van der Waals surface area contributed by atoms with Gasteiger partial charge < -0.3 is 10.1 Å². The molecule has 0 aliphatic carbocycles.